The third kappa shape index (κ3) is 3.67. The molecule has 120 valence electrons. The minimum atomic E-state index is 0.623. The van der Waals surface area contributed by atoms with Crippen LogP contribution in [-0.2, 0) is 0 Å². The Balaban J connectivity index is 1.83. The van der Waals surface area contributed by atoms with Crippen molar-refractivity contribution in [1.82, 2.24) is 9.80 Å². The van der Waals surface area contributed by atoms with Crippen LogP contribution in [0, 0.1) is 6.92 Å². The summed E-state index contributed by atoms with van der Waals surface area (Å²) >= 11 is 0. The number of rotatable bonds is 1. The summed E-state index contributed by atoms with van der Waals surface area (Å²) in [6.07, 6.45) is 1.58. The maximum Gasteiger partial charge on any atom is 0.237 e. The quantitative estimate of drug-likeness (QED) is 0.791. The number of aliphatic imine (C=N–C) groups is 3. The van der Waals surface area contributed by atoms with E-state index in [1.54, 1.807) is 6.20 Å². The number of benzene rings is 1. The molecular weight excluding hydrogens is 288 g/mol. The van der Waals surface area contributed by atoms with E-state index in [4.69, 9.17) is 0 Å². The van der Waals surface area contributed by atoms with Crippen molar-refractivity contribution in [2.45, 2.75) is 6.92 Å². The Hall–Kier alpha value is -2.43. The molecule has 0 N–H and O–H groups in total. The number of guanidine groups is 2. The summed E-state index contributed by atoms with van der Waals surface area (Å²) in [5.41, 5.74) is 2.26. The number of nitrogens with zero attached hydrogens (tertiary/aromatic N) is 6. The Kier molecular flexibility index (Phi) is 4.55. The molecule has 0 radical (unpaired) electrons. The molecule has 3 rings (SSSR count). The van der Waals surface area contributed by atoms with Gasteiger partial charge in [0.25, 0.3) is 0 Å². The highest BCUT2D eigenvalue weighted by Crippen LogP contribution is 2.16. The van der Waals surface area contributed by atoms with Crippen molar-refractivity contribution < 1.29 is 0 Å². The first-order valence-electron chi connectivity index (χ1n) is 7.82. The molecule has 0 atom stereocenters. The lowest BCUT2D eigenvalue weighted by Gasteiger charge is -2.32. The second-order valence-electron chi connectivity index (χ2n) is 5.90. The molecule has 0 aliphatic carbocycles. The number of likely N-dealkylation sites (N-methyl/N-ethyl adjacent to an activating group) is 1. The Morgan fingerprint density at radius 1 is 1.17 bits per heavy atom. The molecule has 2 heterocycles. The Morgan fingerprint density at radius 2 is 1.96 bits per heavy atom. The van der Waals surface area contributed by atoms with E-state index < -0.39 is 0 Å². The molecule has 1 aromatic carbocycles. The first-order valence-corrected chi connectivity index (χ1v) is 7.82. The summed E-state index contributed by atoms with van der Waals surface area (Å²) in [4.78, 5) is 19.8. The van der Waals surface area contributed by atoms with E-state index in [9.17, 15) is 0 Å². The van der Waals surface area contributed by atoms with Gasteiger partial charge in [-0.1, -0.05) is 12.1 Å². The van der Waals surface area contributed by atoms with Crippen LogP contribution in [0.25, 0.3) is 0 Å². The predicted octanol–water partition coefficient (Wildman–Crippen LogP) is 1.59. The zero-order valence-corrected chi connectivity index (χ0v) is 13.9. The average molecular weight is 310 g/mol. The number of piperazine rings is 1. The highest BCUT2D eigenvalue weighted by molar-refractivity contribution is 6.06. The summed E-state index contributed by atoms with van der Waals surface area (Å²) in [6.45, 7) is 5.94. The zero-order valence-electron chi connectivity index (χ0n) is 13.9. The van der Waals surface area contributed by atoms with Crippen LogP contribution in [0.15, 0.2) is 45.4 Å². The fraction of sp³-hybridized carbons (Fsp3) is 0.412. The molecule has 0 bridgehead atoms. The fourth-order valence-corrected chi connectivity index (χ4v) is 2.58. The topological polar surface area (TPSA) is 46.8 Å². The third-order valence-corrected chi connectivity index (χ3v) is 4.08. The summed E-state index contributed by atoms with van der Waals surface area (Å²) in [6, 6.07) is 8.28. The maximum absolute atomic E-state index is 4.67. The van der Waals surface area contributed by atoms with Crippen LogP contribution in [0.5, 0.6) is 0 Å². The van der Waals surface area contributed by atoms with Gasteiger partial charge in [-0.05, 0) is 31.7 Å². The van der Waals surface area contributed by atoms with Crippen LogP contribution in [0.2, 0.25) is 0 Å². The van der Waals surface area contributed by atoms with Crippen LogP contribution >= 0.6 is 0 Å². The molecule has 23 heavy (non-hydrogen) atoms. The van der Waals surface area contributed by atoms with E-state index in [0.717, 1.165) is 31.9 Å². The molecule has 1 fully saturated rings. The Bertz CT molecular complexity index is 691. The summed E-state index contributed by atoms with van der Waals surface area (Å²) in [5, 5.41) is 0. The first kappa shape index (κ1) is 15.5. The molecular formula is C17H22N6. The summed E-state index contributed by atoms with van der Waals surface area (Å²) < 4.78 is 0. The molecule has 1 saturated heterocycles. The van der Waals surface area contributed by atoms with E-state index in [-0.39, 0.29) is 0 Å². The fourth-order valence-electron chi connectivity index (χ4n) is 2.58. The van der Waals surface area contributed by atoms with Gasteiger partial charge in [0.05, 0.1) is 6.20 Å². The minimum absolute atomic E-state index is 0.623. The van der Waals surface area contributed by atoms with Crippen LogP contribution in [0.4, 0.5) is 5.69 Å². The van der Waals surface area contributed by atoms with Crippen LogP contribution < -0.4 is 4.90 Å². The Labute approximate surface area is 137 Å². The largest absolute Gasteiger partial charge is 0.338 e. The molecule has 6 nitrogen and oxygen atoms in total. The number of hydrogen-bond donors (Lipinski definition) is 0. The number of aryl methyl sites for hydroxylation is 1. The standard InChI is InChI=1S/C17H22N6/c1-14-5-4-6-15(13-14)22(3)16-18-7-8-19-17(20-16)23-11-9-21(2)10-12-23/h4-7,13H,9-12H2,1-3H3. The van der Waals surface area contributed by atoms with Crippen LogP contribution in [0.3, 0.4) is 0 Å². The maximum atomic E-state index is 4.67. The lowest BCUT2D eigenvalue weighted by atomic mass is 10.2. The number of anilines is 1. The van der Waals surface area contributed by atoms with Gasteiger partial charge in [0.15, 0.2) is 0 Å². The SMILES string of the molecule is Cc1cccc(N(C)C2=NC=C=NC(N3CCN(C)CC3)=N2)c1. The van der Waals surface area contributed by atoms with E-state index in [0.29, 0.717) is 11.9 Å². The second-order valence-corrected chi connectivity index (χ2v) is 5.90. The molecule has 0 amide bonds. The van der Waals surface area contributed by atoms with Gasteiger partial charge in [0, 0.05) is 44.8 Å². The average Bonchev–Trinajstić information content (AvgIpc) is 2.81. The molecule has 0 spiro atoms. The van der Waals surface area contributed by atoms with Gasteiger partial charge in [-0.3, -0.25) is 0 Å². The van der Waals surface area contributed by atoms with Crippen molar-refractivity contribution in [3.63, 3.8) is 0 Å². The van der Waals surface area contributed by atoms with Crippen molar-refractivity contribution in [2.75, 3.05) is 45.2 Å². The van der Waals surface area contributed by atoms with Gasteiger partial charge in [-0.25, -0.2) is 4.99 Å². The van der Waals surface area contributed by atoms with Crippen molar-refractivity contribution >= 4 is 23.5 Å². The highest BCUT2D eigenvalue weighted by atomic mass is 15.4. The van der Waals surface area contributed by atoms with E-state index >= 15 is 0 Å². The molecule has 6 heteroatoms. The smallest absolute Gasteiger partial charge is 0.237 e. The van der Waals surface area contributed by atoms with Crippen LogP contribution in [0.1, 0.15) is 5.56 Å². The van der Waals surface area contributed by atoms with E-state index in [1.807, 2.05) is 18.0 Å². The van der Waals surface area contributed by atoms with Crippen LogP contribution in [-0.4, -0.2) is 67.9 Å². The first-order chi connectivity index (χ1) is 11.1. The monoisotopic (exact) mass is 310 g/mol. The normalized spacial score (nSPS) is 18.5. The second kappa shape index (κ2) is 6.77. The van der Waals surface area contributed by atoms with E-state index in [2.05, 4.69) is 62.8 Å². The predicted molar refractivity (Wildman–Crippen MR) is 95.5 cm³/mol. The van der Waals surface area contributed by atoms with Crippen molar-refractivity contribution in [1.29, 1.82) is 0 Å². The highest BCUT2D eigenvalue weighted by Gasteiger charge is 2.19. The van der Waals surface area contributed by atoms with Gasteiger partial charge in [-0.2, -0.15) is 9.98 Å². The molecule has 0 unspecified atom stereocenters. The van der Waals surface area contributed by atoms with Crippen molar-refractivity contribution in [2.24, 2.45) is 15.0 Å². The zero-order chi connectivity index (χ0) is 16.2. The summed E-state index contributed by atoms with van der Waals surface area (Å²) in [7, 11) is 4.10. The molecule has 0 saturated carbocycles. The van der Waals surface area contributed by atoms with Gasteiger partial charge >= 0.3 is 0 Å². The van der Waals surface area contributed by atoms with Gasteiger partial charge < -0.3 is 14.7 Å². The van der Waals surface area contributed by atoms with Crippen molar-refractivity contribution in [3.8, 4) is 0 Å². The van der Waals surface area contributed by atoms with Gasteiger partial charge in [0.1, 0.15) is 0 Å². The molecule has 2 aliphatic heterocycles. The summed E-state index contributed by atoms with van der Waals surface area (Å²) in [5.74, 6) is 4.16. The molecule has 2 aliphatic rings. The Morgan fingerprint density at radius 3 is 2.70 bits per heavy atom. The van der Waals surface area contributed by atoms with E-state index in [1.165, 1.54) is 5.56 Å². The molecule has 0 aromatic heterocycles. The lowest BCUT2D eigenvalue weighted by molar-refractivity contribution is 0.214. The minimum Gasteiger partial charge on any atom is -0.338 e. The number of hydrogen-bond acceptors (Lipinski definition) is 6. The third-order valence-electron chi connectivity index (χ3n) is 4.08. The van der Waals surface area contributed by atoms with Gasteiger partial charge in [-0.15, -0.1) is 0 Å². The molecule has 1 aromatic rings. The van der Waals surface area contributed by atoms with Crippen molar-refractivity contribution in [3.05, 3.63) is 36.0 Å². The lowest BCUT2D eigenvalue weighted by Crippen LogP contribution is -2.47. The van der Waals surface area contributed by atoms with Gasteiger partial charge in [0.2, 0.25) is 11.9 Å².